The lowest BCUT2D eigenvalue weighted by Crippen LogP contribution is -2.52. The average molecular weight is 242 g/mol. The van der Waals surface area contributed by atoms with E-state index < -0.39 is 0 Å². The van der Waals surface area contributed by atoms with E-state index in [1.165, 1.54) is 32.1 Å². The van der Waals surface area contributed by atoms with Gasteiger partial charge in [0.1, 0.15) is 0 Å². The van der Waals surface area contributed by atoms with Crippen molar-refractivity contribution in [1.29, 1.82) is 0 Å². The minimum Gasteiger partial charge on any atom is -0.394 e. The molecule has 0 bridgehead atoms. The van der Waals surface area contributed by atoms with Gasteiger partial charge in [-0.3, -0.25) is 4.90 Å². The Balaban J connectivity index is 1.96. The molecule has 4 heteroatoms. The molecule has 1 saturated carbocycles. The molecule has 100 valence electrons. The number of morpholine rings is 1. The lowest BCUT2D eigenvalue weighted by Gasteiger charge is -2.40. The number of hydrogen-bond donors (Lipinski definition) is 2. The Kier molecular flexibility index (Phi) is 5.22. The fourth-order valence-electron chi connectivity index (χ4n) is 3.27. The summed E-state index contributed by atoms with van der Waals surface area (Å²) in [5.41, 5.74) is 5.93. The first-order valence-electron chi connectivity index (χ1n) is 7.01. The normalized spacial score (nSPS) is 36.7. The van der Waals surface area contributed by atoms with Gasteiger partial charge in [-0.15, -0.1) is 0 Å². The van der Waals surface area contributed by atoms with E-state index in [1.54, 1.807) is 0 Å². The minimum absolute atomic E-state index is 0.00503. The molecule has 0 spiro atoms. The Labute approximate surface area is 104 Å². The Morgan fingerprint density at radius 3 is 2.82 bits per heavy atom. The third kappa shape index (κ3) is 3.41. The van der Waals surface area contributed by atoms with Gasteiger partial charge in [-0.05, 0) is 25.3 Å². The molecule has 1 saturated heterocycles. The molecule has 3 atom stereocenters. The van der Waals surface area contributed by atoms with E-state index in [-0.39, 0.29) is 12.7 Å². The zero-order valence-corrected chi connectivity index (χ0v) is 10.7. The van der Waals surface area contributed by atoms with Crippen molar-refractivity contribution in [3.63, 3.8) is 0 Å². The molecule has 2 fully saturated rings. The van der Waals surface area contributed by atoms with Crippen LogP contribution in [0.25, 0.3) is 0 Å². The predicted molar refractivity (Wildman–Crippen MR) is 67.8 cm³/mol. The van der Waals surface area contributed by atoms with Crippen LogP contribution in [0.2, 0.25) is 0 Å². The second-order valence-electron chi connectivity index (χ2n) is 5.37. The van der Waals surface area contributed by atoms with Gasteiger partial charge >= 0.3 is 0 Å². The van der Waals surface area contributed by atoms with E-state index >= 15 is 0 Å². The summed E-state index contributed by atoms with van der Waals surface area (Å²) in [4.78, 5) is 2.51. The number of nitrogens with zero attached hydrogens (tertiary/aromatic N) is 1. The van der Waals surface area contributed by atoms with Gasteiger partial charge in [-0.25, -0.2) is 0 Å². The molecule has 0 radical (unpaired) electrons. The van der Waals surface area contributed by atoms with E-state index in [0.29, 0.717) is 12.0 Å². The Morgan fingerprint density at radius 2 is 2.06 bits per heavy atom. The van der Waals surface area contributed by atoms with Crippen LogP contribution < -0.4 is 5.73 Å². The highest BCUT2D eigenvalue weighted by Gasteiger charge is 2.31. The first kappa shape index (κ1) is 13.3. The largest absolute Gasteiger partial charge is 0.394 e. The summed E-state index contributed by atoms with van der Waals surface area (Å²) in [5, 5.41) is 9.21. The van der Waals surface area contributed by atoms with E-state index in [1.807, 2.05) is 0 Å². The van der Waals surface area contributed by atoms with E-state index in [0.717, 1.165) is 26.2 Å². The monoisotopic (exact) mass is 242 g/mol. The number of nitrogens with two attached hydrogens (primary N) is 1. The molecule has 4 nitrogen and oxygen atoms in total. The van der Waals surface area contributed by atoms with Crippen LogP contribution in [0, 0.1) is 5.92 Å². The van der Waals surface area contributed by atoms with Crippen molar-refractivity contribution < 1.29 is 9.84 Å². The third-order valence-electron chi connectivity index (χ3n) is 4.26. The molecule has 0 aromatic carbocycles. The summed E-state index contributed by atoms with van der Waals surface area (Å²) < 4.78 is 5.53. The van der Waals surface area contributed by atoms with Gasteiger partial charge < -0.3 is 15.6 Å². The molecule has 0 aromatic rings. The van der Waals surface area contributed by atoms with E-state index in [4.69, 9.17) is 10.5 Å². The molecular formula is C13H26N2O2. The second-order valence-corrected chi connectivity index (χ2v) is 5.37. The van der Waals surface area contributed by atoms with Crippen molar-refractivity contribution in [3.8, 4) is 0 Å². The molecule has 3 unspecified atom stereocenters. The predicted octanol–water partition coefficient (Wildman–Crippen LogP) is 0.587. The first-order valence-corrected chi connectivity index (χ1v) is 7.01. The standard InChI is InChI=1S/C13H26N2O2/c14-8-11-4-2-1-3-5-13(11)15-6-7-17-12(9-15)10-16/h11-13,16H,1-10,14H2. The number of aliphatic hydroxyl groups is 1. The van der Waals surface area contributed by atoms with E-state index in [2.05, 4.69) is 4.90 Å². The average Bonchev–Trinajstić information content (AvgIpc) is 2.63. The molecule has 0 amide bonds. The zero-order chi connectivity index (χ0) is 12.1. The molecule has 0 aromatic heterocycles. The quantitative estimate of drug-likeness (QED) is 0.711. The molecule has 1 aliphatic heterocycles. The number of ether oxygens (including phenoxy) is 1. The van der Waals surface area contributed by atoms with Crippen molar-refractivity contribution in [3.05, 3.63) is 0 Å². The van der Waals surface area contributed by atoms with Crippen LogP contribution in [-0.2, 0) is 4.74 Å². The molecule has 2 rings (SSSR count). The minimum atomic E-state index is 0.00503. The fraction of sp³-hybridized carbons (Fsp3) is 1.00. The summed E-state index contributed by atoms with van der Waals surface area (Å²) in [5.74, 6) is 0.634. The second kappa shape index (κ2) is 6.69. The van der Waals surface area contributed by atoms with Gasteiger partial charge in [0.15, 0.2) is 0 Å². The Morgan fingerprint density at radius 1 is 1.24 bits per heavy atom. The smallest absolute Gasteiger partial charge is 0.0932 e. The molecule has 1 heterocycles. The van der Waals surface area contributed by atoms with Gasteiger partial charge in [-0.2, -0.15) is 0 Å². The molecular weight excluding hydrogens is 216 g/mol. The van der Waals surface area contributed by atoms with Gasteiger partial charge in [-0.1, -0.05) is 19.3 Å². The maximum absolute atomic E-state index is 9.21. The van der Waals surface area contributed by atoms with Crippen LogP contribution in [-0.4, -0.2) is 55.0 Å². The highest BCUT2D eigenvalue weighted by atomic mass is 16.5. The lowest BCUT2D eigenvalue weighted by molar-refractivity contribution is -0.0720. The summed E-state index contributed by atoms with van der Waals surface area (Å²) >= 11 is 0. The van der Waals surface area contributed by atoms with Crippen molar-refractivity contribution >= 4 is 0 Å². The maximum atomic E-state index is 9.21. The summed E-state index contributed by atoms with van der Waals surface area (Å²) in [7, 11) is 0. The number of hydrogen-bond acceptors (Lipinski definition) is 4. The first-order chi connectivity index (χ1) is 8.35. The third-order valence-corrected chi connectivity index (χ3v) is 4.26. The van der Waals surface area contributed by atoms with Crippen LogP contribution >= 0.6 is 0 Å². The van der Waals surface area contributed by atoms with Crippen molar-refractivity contribution in [1.82, 2.24) is 4.90 Å². The van der Waals surface area contributed by atoms with E-state index in [9.17, 15) is 5.11 Å². The number of aliphatic hydroxyl groups excluding tert-OH is 1. The summed E-state index contributed by atoms with van der Waals surface area (Å²) in [6.45, 7) is 3.55. The topological polar surface area (TPSA) is 58.7 Å². The maximum Gasteiger partial charge on any atom is 0.0932 e. The van der Waals surface area contributed by atoms with Crippen LogP contribution in [0.3, 0.4) is 0 Å². The highest BCUT2D eigenvalue weighted by Crippen LogP contribution is 2.28. The Hall–Kier alpha value is -0.160. The van der Waals surface area contributed by atoms with Crippen LogP contribution in [0.4, 0.5) is 0 Å². The van der Waals surface area contributed by atoms with Gasteiger partial charge in [0.05, 0.1) is 19.3 Å². The summed E-state index contributed by atoms with van der Waals surface area (Å²) in [6, 6.07) is 0.612. The van der Waals surface area contributed by atoms with Crippen molar-refractivity contribution in [2.45, 2.75) is 44.2 Å². The van der Waals surface area contributed by atoms with Gasteiger partial charge in [0.25, 0.3) is 0 Å². The van der Waals surface area contributed by atoms with Crippen LogP contribution in [0.1, 0.15) is 32.1 Å². The van der Waals surface area contributed by atoms with Gasteiger partial charge in [0.2, 0.25) is 0 Å². The van der Waals surface area contributed by atoms with Crippen LogP contribution in [0.5, 0.6) is 0 Å². The van der Waals surface area contributed by atoms with Crippen LogP contribution in [0.15, 0.2) is 0 Å². The zero-order valence-electron chi connectivity index (χ0n) is 10.7. The lowest BCUT2D eigenvalue weighted by atomic mass is 9.93. The highest BCUT2D eigenvalue weighted by molar-refractivity contribution is 4.85. The molecule has 2 aliphatic rings. The molecule has 17 heavy (non-hydrogen) atoms. The molecule has 3 N–H and O–H groups in total. The number of rotatable bonds is 3. The molecule has 1 aliphatic carbocycles. The SMILES string of the molecule is NCC1CCCCCC1N1CCOC(CO)C1. The van der Waals surface area contributed by atoms with Crippen molar-refractivity contribution in [2.24, 2.45) is 11.7 Å². The summed E-state index contributed by atoms with van der Waals surface area (Å²) in [6.07, 6.45) is 6.53. The van der Waals surface area contributed by atoms with Gasteiger partial charge in [0, 0.05) is 19.1 Å². The Bertz CT molecular complexity index is 225. The van der Waals surface area contributed by atoms with Crippen molar-refractivity contribution in [2.75, 3.05) is 32.8 Å². The fourth-order valence-corrected chi connectivity index (χ4v) is 3.27.